The number of halogens is 4. The van der Waals surface area contributed by atoms with Gasteiger partial charge in [-0.05, 0) is 37.8 Å². The van der Waals surface area contributed by atoms with Crippen LogP contribution in [0.5, 0.6) is 0 Å². The summed E-state index contributed by atoms with van der Waals surface area (Å²) in [6, 6.07) is 2.93. The maximum Gasteiger partial charge on any atom is 0.391 e. The molecule has 1 saturated heterocycles. The van der Waals surface area contributed by atoms with Gasteiger partial charge in [-0.2, -0.15) is 13.2 Å². The van der Waals surface area contributed by atoms with Gasteiger partial charge < -0.3 is 21.3 Å². The summed E-state index contributed by atoms with van der Waals surface area (Å²) in [7, 11) is 1.70. The molecule has 0 aromatic heterocycles. The first-order valence-electron chi connectivity index (χ1n) is 9.07. The summed E-state index contributed by atoms with van der Waals surface area (Å²) >= 11 is 0. The molecule has 0 radical (unpaired) electrons. The van der Waals surface area contributed by atoms with Gasteiger partial charge in [0.25, 0.3) is 5.91 Å². The lowest BCUT2D eigenvalue weighted by molar-refractivity contribution is -0.182. The number of nitrogens with two attached hydrogens (primary N) is 1. The zero-order valence-electron chi connectivity index (χ0n) is 15.1. The molecule has 1 aromatic rings. The summed E-state index contributed by atoms with van der Waals surface area (Å²) in [5, 5.41) is 5.76. The van der Waals surface area contributed by atoms with Crippen molar-refractivity contribution >= 4 is 23.0 Å². The van der Waals surface area contributed by atoms with E-state index in [1.54, 1.807) is 18.0 Å². The van der Waals surface area contributed by atoms with E-state index < -0.39 is 24.2 Å². The first-order chi connectivity index (χ1) is 12.7. The van der Waals surface area contributed by atoms with E-state index in [-0.39, 0.29) is 44.8 Å². The van der Waals surface area contributed by atoms with E-state index in [4.69, 9.17) is 5.73 Å². The highest BCUT2D eigenvalue weighted by Crippen LogP contribution is 2.38. The highest BCUT2D eigenvalue weighted by atomic mass is 19.4. The fraction of sp³-hybridized carbons (Fsp3) is 0.611. The number of benzene rings is 1. The molecule has 4 N–H and O–H groups in total. The van der Waals surface area contributed by atoms with Gasteiger partial charge in [0.15, 0.2) is 0 Å². The number of amides is 1. The minimum atomic E-state index is -4.18. The first-order valence-corrected chi connectivity index (χ1v) is 9.07. The standard InChI is InChI=1S/C18H24F4N4O/c1-24-15-7-16(26-8-11(19)9-26)13(6-14(15)23)17(27)25-12-4-2-10(3-5-12)18(20,21)22/h6-7,10-12,24H,2-5,8-9,23H2,1H3,(H,25,27)/t10-,12-. The minimum Gasteiger partial charge on any atom is -0.397 e. The Kier molecular flexibility index (Phi) is 5.39. The topological polar surface area (TPSA) is 70.4 Å². The van der Waals surface area contributed by atoms with Crippen LogP contribution in [0.4, 0.5) is 34.6 Å². The van der Waals surface area contributed by atoms with Crippen molar-refractivity contribution in [2.24, 2.45) is 5.92 Å². The molecule has 1 heterocycles. The Bertz CT molecular complexity index is 695. The van der Waals surface area contributed by atoms with Gasteiger partial charge in [-0.15, -0.1) is 0 Å². The van der Waals surface area contributed by atoms with E-state index in [1.807, 2.05) is 0 Å². The second-order valence-electron chi connectivity index (χ2n) is 7.27. The van der Waals surface area contributed by atoms with Crippen LogP contribution in [-0.4, -0.2) is 44.4 Å². The van der Waals surface area contributed by atoms with Crippen molar-refractivity contribution in [1.29, 1.82) is 0 Å². The number of hydrogen-bond donors (Lipinski definition) is 3. The number of carbonyl (C=O) groups excluding carboxylic acids is 1. The van der Waals surface area contributed by atoms with Gasteiger partial charge in [0.05, 0.1) is 41.6 Å². The van der Waals surface area contributed by atoms with E-state index in [0.29, 0.717) is 22.6 Å². The molecule has 1 aromatic carbocycles. The number of hydrogen-bond acceptors (Lipinski definition) is 4. The number of nitrogen functional groups attached to an aromatic ring is 1. The number of carbonyl (C=O) groups is 1. The molecule has 150 valence electrons. The van der Waals surface area contributed by atoms with Gasteiger partial charge in [0.1, 0.15) is 6.17 Å². The minimum absolute atomic E-state index is 0.0117. The normalized spacial score (nSPS) is 23.7. The SMILES string of the molecule is CNc1cc(N2CC(F)C2)c(C(=O)N[C@H]2CC[C@H](C(F)(F)F)CC2)cc1N. The lowest BCUT2D eigenvalue weighted by Crippen LogP contribution is -2.49. The third kappa shape index (κ3) is 4.22. The number of nitrogens with one attached hydrogen (secondary N) is 2. The Balaban J connectivity index is 1.72. The number of rotatable bonds is 4. The molecule has 3 rings (SSSR count). The van der Waals surface area contributed by atoms with Gasteiger partial charge in [-0.25, -0.2) is 4.39 Å². The molecule has 2 fully saturated rings. The van der Waals surface area contributed by atoms with Gasteiger partial charge in [0.2, 0.25) is 0 Å². The maximum absolute atomic E-state index is 13.3. The predicted molar refractivity (Wildman–Crippen MR) is 96.8 cm³/mol. The molecule has 1 amide bonds. The van der Waals surface area contributed by atoms with Gasteiger partial charge >= 0.3 is 6.18 Å². The molecule has 1 aliphatic heterocycles. The largest absolute Gasteiger partial charge is 0.397 e. The van der Waals surface area contributed by atoms with Crippen LogP contribution in [0.2, 0.25) is 0 Å². The van der Waals surface area contributed by atoms with E-state index in [9.17, 15) is 22.4 Å². The van der Waals surface area contributed by atoms with Crippen LogP contribution in [0.1, 0.15) is 36.0 Å². The van der Waals surface area contributed by atoms with Crippen molar-refractivity contribution < 1.29 is 22.4 Å². The third-order valence-electron chi connectivity index (χ3n) is 5.38. The summed E-state index contributed by atoms with van der Waals surface area (Å²) in [6.07, 6.45) is -4.53. The van der Waals surface area contributed by atoms with Crippen LogP contribution >= 0.6 is 0 Å². The molecule has 0 bridgehead atoms. The van der Waals surface area contributed by atoms with Crippen molar-refractivity contribution in [3.8, 4) is 0 Å². The van der Waals surface area contributed by atoms with Crippen molar-refractivity contribution in [1.82, 2.24) is 5.32 Å². The summed E-state index contributed by atoms with van der Waals surface area (Å²) in [5.74, 6) is -1.69. The van der Waals surface area contributed by atoms with Crippen molar-refractivity contribution in [3.05, 3.63) is 17.7 Å². The number of anilines is 3. The Morgan fingerprint density at radius 2 is 1.81 bits per heavy atom. The van der Waals surface area contributed by atoms with Crippen molar-refractivity contribution in [2.45, 2.75) is 44.1 Å². The Labute approximate surface area is 155 Å². The van der Waals surface area contributed by atoms with Crippen LogP contribution in [0.15, 0.2) is 12.1 Å². The molecule has 0 unspecified atom stereocenters. The Morgan fingerprint density at radius 1 is 1.19 bits per heavy atom. The molecule has 1 aliphatic carbocycles. The van der Waals surface area contributed by atoms with Crippen LogP contribution in [0.3, 0.4) is 0 Å². The molecule has 9 heteroatoms. The first kappa shape index (κ1) is 19.6. The zero-order chi connectivity index (χ0) is 19.8. The summed E-state index contributed by atoms with van der Waals surface area (Å²) in [6.45, 7) is 0.397. The average Bonchev–Trinajstić information content (AvgIpc) is 2.58. The Hall–Kier alpha value is -2.19. The smallest absolute Gasteiger partial charge is 0.391 e. The second kappa shape index (κ2) is 7.44. The molecule has 0 spiro atoms. The van der Waals surface area contributed by atoms with E-state index in [1.165, 1.54) is 6.07 Å². The third-order valence-corrected chi connectivity index (χ3v) is 5.38. The molecular formula is C18H24F4N4O. The fourth-order valence-electron chi connectivity index (χ4n) is 3.71. The van der Waals surface area contributed by atoms with Crippen LogP contribution in [0, 0.1) is 5.92 Å². The molecule has 5 nitrogen and oxygen atoms in total. The van der Waals surface area contributed by atoms with Crippen LogP contribution < -0.4 is 21.3 Å². The van der Waals surface area contributed by atoms with E-state index >= 15 is 0 Å². The van der Waals surface area contributed by atoms with Crippen molar-refractivity contribution in [2.75, 3.05) is 36.1 Å². The fourth-order valence-corrected chi connectivity index (χ4v) is 3.71. The maximum atomic E-state index is 13.3. The number of nitrogens with zero attached hydrogens (tertiary/aromatic N) is 1. The monoisotopic (exact) mass is 388 g/mol. The summed E-state index contributed by atoms with van der Waals surface area (Å²) < 4.78 is 51.6. The van der Waals surface area contributed by atoms with Gasteiger partial charge in [-0.1, -0.05) is 0 Å². The number of alkyl halides is 4. The van der Waals surface area contributed by atoms with E-state index in [2.05, 4.69) is 10.6 Å². The van der Waals surface area contributed by atoms with Gasteiger partial charge in [0, 0.05) is 13.1 Å². The van der Waals surface area contributed by atoms with Crippen LogP contribution in [-0.2, 0) is 0 Å². The van der Waals surface area contributed by atoms with E-state index in [0.717, 1.165) is 0 Å². The highest BCUT2D eigenvalue weighted by molar-refractivity contribution is 6.02. The molecule has 1 saturated carbocycles. The summed E-state index contributed by atoms with van der Waals surface area (Å²) in [5.41, 5.74) is 7.87. The average molecular weight is 388 g/mol. The highest BCUT2D eigenvalue weighted by Gasteiger charge is 2.41. The van der Waals surface area contributed by atoms with Crippen LogP contribution in [0.25, 0.3) is 0 Å². The molecule has 27 heavy (non-hydrogen) atoms. The molecular weight excluding hydrogens is 364 g/mol. The molecule has 0 atom stereocenters. The Morgan fingerprint density at radius 3 is 2.33 bits per heavy atom. The quantitative estimate of drug-likeness (QED) is 0.547. The zero-order valence-corrected chi connectivity index (χ0v) is 15.1. The summed E-state index contributed by atoms with van der Waals surface area (Å²) in [4.78, 5) is 14.5. The lowest BCUT2D eigenvalue weighted by atomic mass is 9.85. The predicted octanol–water partition coefficient (Wildman–Crippen LogP) is 3.32. The molecule has 2 aliphatic rings. The second-order valence-corrected chi connectivity index (χ2v) is 7.27. The van der Waals surface area contributed by atoms with Crippen molar-refractivity contribution in [3.63, 3.8) is 0 Å². The lowest BCUT2D eigenvalue weighted by Gasteiger charge is -2.38. The van der Waals surface area contributed by atoms with Gasteiger partial charge in [-0.3, -0.25) is 4.79 Å².